The predicted molar refractivity (Wildman–Crippen MR) is 61.6 cm³/mol. The van der Waals surface area contributed by atoms with E-state index in [1.165, 1.54) is 36.2 Å². The molecule has 7 nitrogen and oxygen atoms in total. The van der Waals surface area contributed by atoms with E-state index in [-0.39, 0.29) is 11.4 Å². The molecular weight excluding hydrogens is 238 g/mol. The van der Waals surface area contributed by atoms with Gasteiger partial charge in [0.05, 0.1) is 17.7 Å². The zero-order valence-corrected chi connectivity index (χ0v) is 9.44. The van der Waals surface area contributed by atoms with Crippen LogP contribution in [0.25, 0.3) is 5.69 Å². The Labute approximate surface area is 102 Å². The summed E-state index contributed by atoms with van der Waals surface area (Å²) in [5.41, 5.74) is 0.603. The number of rotatable bonds is 3. The van der Waals surface area contributed by atoms with E-state index in [0.717, 1.165) is 0 Å². The van der Waals surface area contributed by atoms with Crippen molar-refractivity contribution in [3.63, 3.8) is 0 Å². The van der Waals surface area contributed by atoms with Crippen LogP contribution in [0.2, 0.25) is 0 Å². The van der Waals surface area contributed by atoms with Gasteiger partial charge in [0.15, 0.2) is 5.69 Å². The maximum Gasteiger partial charge on any atom is 0.358 e. The average Bonchev–Trinajstić information content (AvgIpc) is 2.87. The van der Waals surface area contributed by atoms with Gasteiger partial charge in [-0.15, -0.1) is 0 Å². The lowest BCUT2D eigenvalue weighted by Gasteiger charge is -2.00. The number of carbonyl (C=O) groups is 1. The van der Waals surface area contributed by atoms with Crippen molar-refractivity contribution >= 4 is 11.7 Å². The molecule has 18 heavy (non-hydrogen) atoms. The largest absolute Gasteiger partial charge is 0.464 e. The molecule has 0 atom stereocenters. The molecule has 2 rings (SSSR count). The summed E-state index contributed by atoms with van der Waals surface area (Å²) in [4.78, 5) is 21.4. The number of ether oxygens (including phenoxy) is 1. The smallest absolute Gasteiger partial charge is 0.358 e. The van der Waals surface area contributed by atoms with E-state index in [1.807, 2.05) is 0 Å². The Bertz CT molecular complexity index is 606. The third-order valence-corrected chi connectivity index (χ3v) is 2.29. The molecule has 0 radical (unpaired) electrons. The Kier molecular flexibility index (Phi) is 3.05. The first-order valence-corrected chi connectivity index (χ1v) is 5.00. The summed E-state index contributed by atoms with van der Waals surface area (Å²) in [6, 6.07) is 7.43. The van der Waals surface area contributed by atoms with Crippen LogP contribution in [0, 0.1) is 10.1 Å². The average molecular weight is 247 g/mol. The fraction of sp³-hybridized carbons (Fsp3) is 0.0909. The minimum Gasteiger partial charge on any atom is -0.464 e. The zero-order valence-electron chi connectivity index (χ0n) is 9.44. The predicted octanol–water partition coefficient (Wildman–Crippen LogP) is 1.57. The molecule has 0 spiro atoms. The number of hydrogen-bond donors (Lipinski definition) is 0. The number of methoxy groups -OCH3 is 1. The number of nitrogens with zero attached hydrogens (tertiary/aromatic N) is 3. The minimum atomic E-state index is -0.556. The zero-order chi connectivity index (χ0) is 13.1. The standard InChI is InChI=1S/C11H9N3O4/c1-18-11(15)10-5-6-13(12-10)8-3-2-4-9(7-8)14(16)17/h2-7H,1H3. The Hall–Kier alpha value is -2.70. The van der Waals surface area contributed by atoms with Gasteiger partial charge in [-0.3, -0.25) is 10.1 Å². The van der Waals surface area contributed by atoms with Crippen molar-refractivity contribution in [2.24, 2.45) is 0 Å². The van der Waals surface area contributed by atoms with Crippen molar-refractivity contribution in [1.29, 1.82) is 0 Å². The van der Waals surface area contributed by atoms with Crippen LogP contribution in [0.4, 0.5) is 5.69 Å². The SMILES string of the molecule is COC(=O)c1ccn(-c2cccc([N+](=O)[O-])c2)n1. The summed E-state index contributed by atoms with van der Waals surface area (Å²) in [6.45, 7) is 0. The number of nitro benzene ring substituents is 1. The number of hydrogen-bond acceptors (Lipinski definition) is 5. The van der Waals surface area contributed by atoms with Crippen molar-refractivity contribution in [3.05, 3.63) is 52.3 Å². The third kappa shape index (κ3) is 2.19. The molecule has 0 saturated heterocycles. The molecule has 0 N–H and O–H groups in total. The van der Waals surface area contributed by atoms with Gasteiger partial charge in [0.25, 0.3) is 5.69 Å². The molecule has 1 aromatic heterocycles. The number of benzene rings is 1. The molecule has 2 aromatic rings. The summed E-state index contributed by atoms with van der Waals surface area (Å²) < 4.78 is 5.90. The number of nitro groups is 1. The molecule has 0 unspecified atom stereocenters. The van der Waals surface area contributed by atoms with Crippen LogP contribution in [0.3, 0.4) is 0 Å². The Balaban J connectivity index is 2.37. The van der Waals surface area contributed by atoms with Gasteiger partial charge in [0.1, 0.15) is 0 Å². The highest BCUT2D eigenvalue weighted by Crippen LogP contribution is 2.16. The van der Waals surface area contributed by atoms with Crippen molar-refractivity contribution in [2.45, 2.75) is 0 Å². The number of esters is 1. The molecule has 0 aliphatic carbocycles. The molecule has 92 valence electrons. The summed E-state index contributed by atoms with van der Waals surface area (Å²) in [7, 11) is 1.26. The first-order valence-electron chi connectivity index (χ1n) is 5.00. The van der Waals surface area contributed by atoms with Gasteiger partial charge in [0.2, 0.25) is 0 Å². The van der Waals surface area contributed by atoms with Crippen molar-refractivity contribution < 1.29 is 14.5 Å². The van der Waals surface area contributed by atoms with Gasteiger partial charge in [-0.25, -0.2) is 9.48 Å². The fourth-order valence-electron chi connectivity index (χ4n) is 1.43. The van der Waals surface area contributed by atoms with Crippen LogP contribution in [-0.4, -0.2) is 27.8 Å². The number of non-ortho nitro benzene ring substituents is 1. The lowest BCUT2D eigenvalue weighted by atomic mass is 10.3. The van der Waals surface area contributed by atoms with Crippen LogP contribution in [-0.2, 0) is 4.74 Å². The number of carbonyl (C=O) groups excluding carboxylic acids is 1. The van der Waals surface area contributed by atoms with Gasteiger partial charge in [0, 0.05) is 18.3 Å². The Morgan fingerprint density at radius 2 is 2.22 bits per heavy atom. The molecule has 0 amide bonds. The lowest BCUT2D eigenvalue weighted by Crippen LogP contribution is -2.04. The quantitative estimate of drug-likeness (QED) is 0.466. The molecule has 0 bridgehead atoms. The lowest BCUT2D eigenvalue weighted by molar-refractivity contribution is -0.384. The Morgan fingerprint density at radius 1 is 1.44 bits per heavy atom. The molecule has 0 aliphatic rings. The van der Waals surface area contributed by atoms with Crippen LogP contribution < -0.4 is 0 Å². The summed E-state index contributed by atoms with van der Waals surface area (Å²) >= 11 is 0. The summed E-state index contributed by atoms with van der Waals surface area (Å²) in [6.07, 6.45) is 1.53. The minimum absolute atomic E-state index is 0.0392. The second-order valence-corrected chi connectivity index (χ2v) is 3.41. The van der Waals surface area contributed by atoms with Gasteiger partial charge >= 0.3 is 5.97 Å². The van der Waals surface area contributed by atoms with Crippen LogP contribution in [0.1, 0.15) is 10.5 Å². The molecule has 0 aliphatic heterocycles. The molecule has 7 heteroatoms. The van der Waals surface area contributed by atoms with Gasteiger partial charge in [-0.05, 0) is 12.1 Å². The van der Waals surface area contributed by atoms with E-state index in [1.54, 1.807) is 12.1 Å². The highest BCUT2D eigenvalue weighted by molar-refractivity contribution is 5.86. The molecule has 0 fully saturated rings. The van der Waals surface area contributed by atoms with E-state index in [0.29, 0.717) is 5.69 Å². The summed E-state index contributed by atoms with van der Waals surface area (Å²) in [5.74, 6) is -0.556. The first-order chi connectivity index (χ1) is 8.61. The third-order valence-electron chi connectivity index (χ3n) is 2.29. The van der Waals surface area contributed by atoms with Gasteiger partial charge in [-0.1, -0.05) is 6.07 Å². The van der Waals surface area contributed by atoms with Crippen LogP contribution >= 0.6 is 0 Å². The van der Waals surface area contributed by atoms with Gasteiger partial charge < -0.3 is 4.74 Å². The van der Waals surface area contributed by atoms with E-state index in [2.05, 4.69) is 9.84 Å². The summed E-state index contributed by atoms with van der Waals surface area (Å²) in [5, 5.41) is 14.6. The number of aromatic nitrogens is 2. The van der Waals surface area contributed by atoms with Crippen molar-refractivity contribution in [3.8, 4) is 5.69 Å². The topological polar surface area (TPSA) is 87.3 Å². The maximum atomic E-state index is 11.2. The second-order valence-electron chi connectivity index (χ2n) is 3.41. The maximum absolute atomic E-state index is 11.2. The second kappa shape index (κ2) is 4.66. The van der Waals surface area contributed by atoms with Crippen LogP contribution in [0.5, 0.6) is 0 Å². The van der Waals surface area contributed by atoms with Crippen molar-refractivity contribution in [2.75, 3.05) is 7.11 Å². The van der Waals surface area contributed by atoms with Crippen molar-refractivity contribution in [1.82, 2.24) is 9.78 Å². The van der Waals surface area contributed by atoms with E-state index in [9.17, 15) is 14.9 Å². The van der Waals surface area contributed by atoms with E-state index < -0.39 is 10.9 Å². The molecule has 1 aromatic carbocycles. The fourth-order valence-corrected chi connectivity index (χ4v) is 1.43. The van der Waals surface area contributed by atoms with E-state index >= 15 is 0 Å². The van der Waals surface area contributed by atoms with Crippen LogP contribution in [0.15, 0.2) is 36.5 Å². The highest BCUT2D eigenvalue weighted by atomic mass is 16.6. The normalized spacial score (nSPS) is 10.1. The molecule has 0 saturated carbocycles. The van der Waals surface area contributed by atoms with E-state index in [4.69, 9.17) is 0 Å². The Morgan fingerprint density at radius 3 is 2.89 bits per heavy atom. The monoisotopic (exact) mass is 247 g/mol. The van der Waals surface area contributed by atoms with Gasteiger partial charge in [-0.2, -0.15) is 5.10 Å². The highest BCUT2D eigenvalue weighted by Gasteiger charge is 2.11. The molecular formula is C11H9N3O4. The first kappa shape index (κ1) is 11.8. The molecule has 1 heterocycles.